The maximum atomic E-state index is 9.86. The molecule has 122 valence electrons. The van der Waals surface area contributed by atoms with Gasteiger partial charge in [0.15, 0.2) is 0 Å². The zero-order valence-electron chi connectivity index (χ0n) is 12.8. The van der Waals surface area contributed by atoms with E-state index in [0.717, 1.165) is 16.5 Å². The number of nitrogens with one attached hydrogen (secondary N) is 1. The molecule has 0 bridgehead atoms. The molecule has 0 aliphatic rings. The molecule has 7 N–H and O–H groups in total. The summed E-state index contributed by atoms with van der Waals surface area (Å²) in [5.74, 6) is 0.590. The summed E-state index contributed by atoms with van der Waals surface area (Å²) < 4.78 is 0. The lowest BCUT2D eigenvalue weighted by atomic mass is 10.1. The lowest BCUT2D eigenvalue weighted by molar-refractivity contribution is 0.452. The van der Waals surface area contributed by atoms with Crippen molar-refractivity contribution in [2.24, 2.45) is 0 Å². The van der Waals surface area contributed by atoms with Crippen LogP contribution in [-0.2, 0) is 0 Å². The Balaban J connectivity index is 0.00000132. The van der Waals surface area contributed by atoms with Gasteiger partial charge in [-0.3, -0.25) is 0 Å². The van der Waals surface area contributed by atoms with Crippen molar-refractivity contribution >= 4 is 22.4 Å². The average Bonchev–Trinajstić information content (AvgIpc) is 2.44. The van der Waals surface area contributed by atoms with Gasteiger partial charge in [-0.1, -0.05) is 0 Å². The van der Waals surface area contributed by atoms with E-state index < -0.39 is 0 Å². The van der Waals surface area contributed by atoms with Crippen molar-refractivity contribution in [3.8, 4) is 11.5 Å². The summed E-state index contributed by atoms with van der Waals surface area (Å²) in [7, 11) is 0. The largest absolute Gasteiger partial charge is 0.508 e. The molecule has 0 aliphatic carbocycles. The molecule has 3 rings (SSSR count). The van der Waals surface area contributed by atoms with E-state index >= 15 is 0 Å². The summed E-state index contributed by atoms with van der Waals surface area (Å²) in [4.78, 5) is 8.51. The van der Waals surface area contributed by atoms with Crippen LogP contribution in [0, 0.1) is 13.8 Å². The Morgan fingerprint density at radius 2 is 1.61 bits per heavy atom. The molecule has 0 aliphatic heterocycles. The lowest BCUT2D eigenvalue weighted by Gasteiger charge is -2.11. The molecule has 3 aromatic rings. The second-order valence-corrected chi connectivity index (χ2v) is 5.00. The molecule has 2 aromatic carbocycles. The van der Waals surface area contributed by atoms with Crippen molar-refractivity contribution in [3.05, 3.63) is 47.8 Å². The molecule has 7 nitrogen and oxygen atoms in total. The van der Waals surface area contributed by atoms with Crippen LogP contribution in [0.1, 0.15) is 11.1 Å². The number of fused-ring (bicyclic) bond motifs is 1. The Morgan fingerprint density at radius 3 is 2.30 bits per heavy atom. The molecule has 23 heavy (non-hydrogen) atoms. The van der Waals surface area contributed by atoms with Crippen LogP contribution in [0.15, 0.2) is 36.7 Å². The maximum Gasteiger partial charge on any atom is 0.142 e. The predicted molar refractivity (Wildman–Crippen MR) is 89.3 cm³/mol. The zero-order valence-corrected chi connectivity index (χ0v) is 12.8. The third-order valence-corrected chi connectivity index (χ3v) is 3.49. The van der Waals surface area contributed by atoms with Crippen molar-refractivity contribution in [2.45, 2.75) is 13.8 Å². The van der Waals surface area contributed by atoms with Gasteiger partial charge in [0, 0.05) is 11.5 Å². The fraction of sp³-hybridized carbons (Fsp3) is 0.125. The average molecular weight is 317 g/mol. The highest BCUT2D eigenvalue weighted by Gasteiger charge is 2.08. The van der Waals surface area contributed by atoms with Crippen molar-refractivity contribution in [1.82, 2.24) is 9.97 Å². The molecule has 0 radical (unpaired) electrons. The summed E-state index contributed by atoms with van der Waals surface area (Å²) in [6, 6.07) is 8.40. The first kappa shape index (κ1) is 18.1. The van der Waals surface area contributed by atoms with Gasteiger partial charge in [-0.15, -0.1) is 0 Å². The quantitative estimate of drug-likeness (QED) is 0.487. The molecule has 0 saturated carbocycles. The van der Waals surface area contributed by atoms with Gasteiger partial charge in [-0.05, 0) is 49.2 Å². The Labute approximate surface area is 132 Å². The molecular formula is C16H19N3O4. The van der Waals surface area contributed by atoms with Crippen LogP contribution in [0.2, 0.25) is 0 Å². The highest BCUT2D eigenvalue weighted by Crippen LogP contribution is 2.32. The van der Waals surface area contributed by atoms with E-state index in [4.69, 9.17) is 0 Å². The van der Waals surface area contributed by atoms with E-state index in [0.29, 0.717) is 11.5 Å². The molecule has 0 unspecified atom stereocenters. The van der Waals surface area contributed by atoms with Gasteiger partial charge in [0.2, 0.25) is 0 Å². The number of nitrogens with zero attached hydrogens (tertiary/aromatic N) is 2. The Hall–Kier alpha value is -2.90. The standard InChI is InChI=1S/C16H15N3O2.2H2O/c1-9-5-12-14(6-10(9)2)17-8-18-16(12)19-13-4-3-11(20)7-15(13)21;;/h3-8,20-21H,1-2H3,(H,17,18,19);2*1H2. The van der Waals surface area contributed by atoms with E-state index in [-0.39, 0.29) is 22.5 Å². The van der Waals surface area contributed by atoms with Crippen LogP contribution in [0.5, 0.6) is 11.5 Å². The van der Waals surface area contributed by atoms with Gasteiger partial charge in [0.25, 0.3) is 0 Å². The van der Waals surface area contributed by atoms with E-state index in [1.165, 1.54) is 24.0 Å². The summed E-state index contributed by atoms with van der Waals surface area (Å²) in [5, 5.41) is 23.1. The monoisotopic (exact) mass is 317 g/mol. The fourth-order valence-corrected chi connectivity index (χ4v) is 2.17. The van der Waals surface area contributed by atoms with Crippen LogP contribution in [-0.4, -0.2) is 31.1 Å². The van der Waals surface area contributed by atoms with E-state index in [2.05, 4.69) is 15.3 Å². The van der Waals surface area contributed by atoms with Crippen molar-refractivity contribution < 1.29 is 21.2 Å². The van der Waals surface area contributed by atoms with Crippen LogP contribution in [0.25, 0.3) is 10.9 Å². The van der Waals surface area contributed by atoms with Crippen molar-refractivity contribution in [1.29, 1.82) is 0 Å². The Kier molecular flexibility index (Phi) is 5.45. The normalized spacial score (nSPS) is 9.83. The lowest BCUT2D eigenvalue weighted by Crippen LogP contribution is -1.97. The smallest absolute Gasteiger partial charge is 0.142 e. The van der Waals surface area contributed by atoms with Gasteiger partial charge in [-0.2, -0.15) is 0 Å². The topological polar surface area (TPSA) is 141 Å². The zero-order chi connectivity index (χ0) is 15.0. The minimum absolute atomic E-state index is 0. The highest BCUT2D eigenvalue weighted by atomic mass is 16.3. The van der Waals surface area contributed by atoms with E-state index in [9.17, 15) is 10.2 Å². The SMILES string of the molecule is Cc1cc2ncnc(Nc3ccc(O)cc3O)c2cc1C.O.O. The van der Waals surface area contributed by atoms with E-state index in [1.54, 1.807) is 6.07 Å². The first-order chi connectivity index (χ1) is 10.0. The number of hydrogen-bond donors (Lipinski definition) is 3. The molecule has 0 fully saturated rings. The first-order valence-electron chi connectivity index (χ1n) is 6.55. The molecule has 0 amide bonds. The Morgan fingerprint density at radius 1 is 0.913 bits per heavy atom. The number of anilines is 2. The van der Waals surface area contributed by atoms with Gasteiger partial charge < -0.3 is 26.5 Å². The van der Waals surface area contributed by atoms with E-state index in [1.807, 2.05) is 26.0 Å². The van der Waals surface area contributed by atoms with Crippen LogP contribution >= 0.6 is 0 Å². The summed E-state index contributed by atoms with van der Waals surface area (Å²) in [6.07, 6.45) is 1.48. The van der Waals surface area contributed by atoms with Gasteiger partial charge in [0.05, 0.1) is 11.2 Å². The second-order valence-electron chi connectivity index (χ2n) is 5.00. The van der Waals surface area contributed by atoms with Gasteiger partial charge >= 0.3 is 0 Å². The van der Waals surface area contributed by atoms with Gasteiger partial charge in [-0.25, -0.2) is 9.97 Å². The first-order valence-corrected chi connectivity index (χ1v) is 6.55. The summed E-state index contributed by atoms with van der Waals surface area (Å²) in [6.45, 7) is 4.07. The molecular weight excluding hydrogens is 298 g/mol. The Bertz CT molecular complexity index is 837. The third kappa shape index (κ3) is 3.47. The molecule has 0 atom stereocenters. The molecule has 0 saturated heterocycles. The number of rotatable bonds is 2. The van der Waals surface area contributed by atoms with Crippen LogP contribution in [0.3, 0.4) is 0 Å². The van der Waals surface area contributed by atoms with Crippen LogP contribution < -0.4 is 5.32 Å². The minimum Gasteiger partial charge on any atom is -0.508 e. The maximum absolute atomic E-state index is 9.86. The number of hydrogen-bond acceptors (Lipinski definition) is 5. The molecule has 0 spiro atoms. The molecule has 1 heterocycles. The van der Waals surface area contributed by atoms with Crippen LogP contribution in [0.4, 0.5) is 11.5 Å². The third-order valence-electron chi connectivity index (χ3n) is 3.49. The highest BCUT2D eigenvalue weighted by molar-refractivity contribution is 5.92. The summed E-state index contributed by atoms with van der Waals surface area (Å²) in [5.41, 5.74) is 3.63. The number of benzene rings is 2. The number of phenols is 2. The second kappa shape index (κ2) is 6.91. The molecule has 1 aromatic heterocycles. The fourth-order valence-electron chi connectivity index (χ4n) is 2.17. The van der Waals surface area contributed by atoms with Crippen molar-refractivity contribution in [3.63, 3.8) is 0 Å². The molecule has 7 heteroatoms. The number of aryl methyl sites for hydroxylation is 2. The number of aromatic hydroxyl groups is 2. The van der Waals surface area contributed by atoms with Crippen molar-refractivity contribution in [2.75, 3.05) is 5.32 Å². The summed E-state index contributed by atoms with van der Waals surface area (Å²) >= 11 is 0. The number of aromatic nitrogens is 2. The predicted octanol–water partition coefficient (Wildman–Crippen LogP) is 1.75. The number of phenolic OH excluding ortho intramolecular Hbond substituents is 2. The van der Waals surface area contributed by atoms with Gasteiger partial charge in [0.1, 0.15) is 23.6 Å². The minimum atomic E-state index is -0.0365.